The van der Waals surface area contributed by atoms with Crippen LogP contribution in [0.25, 0.3) is 0 Å². The maximum absolute atomic E-state index is 11.7. The van der Waals surface area contributed by atoms with E-state index in [9.17, 15) is 9.90 Å². The number of aromatic nitrogens is 2. The third kappa shape index (κ3) is 2.85. The molecule has 1 aliphatic heterocycles. The molecule has 19 heavy (non-hydrogen) atoms. The predicted octanol–water partition coefficient (Wildman–Crippen LogP) is -0.586. The van der Waals surface area contributed by atoms with Crippen molar-refractivity contribution in [3.8, 4) is 0 Å². The Morgan fingerprint density at radius 3 is 2.79 bits per heavy atom. The molecule has 0 spiro atoms. The number of aryl methyl sites for hydroxylation is 1. The third-order valence-electron chi connectivity index (χ3n) is 2.92. The molecule has 4 N–H and O–H groups in total. The van der Waals surface area contributed by atoms with Crippen LogP contribution in [0.1, 0.15) is 11.8 Å². The number of ether oxygens (including phenoxy) is 1. The number of nitrogen functional groups attached to an aromatic ring is 1. The molecule has 2 rings (SSSR count). The lowest BCUT2D eigenvalue weighted by atomic mass is 10.2. The van der Waals surface area contributed by atoms with Gasteiger partial charge in [-0.05, 0) is 6.92 Å². The van der Waals surface area contributed by atoms with Gasteiger partial charge >= 0.3 is 5.69 Å². The Labute approximate surface area is 120 Å². The molecule has 0 aliphatic carbocycles. The number of hydrogen-bond donors (Lipinski definition) is 3. The summed E-state index contributed by atoms with van der Waals surface area (Å²) < 4.78 is 6.52. The maximum atomic E-state index is 11.7. The molecule has 1 aromatic rings. The molecule has 0 saturated carbocycles. The Hall–Kier alpha value is -0.860. The van der Waals surface area contributed by atoms with Crippen molar-refractivity contribution in [1.82, 2.24) is 9.55 Å². The summed E-state index contributed by atoms with van der Waals surface area (Å²) in [6.07, 6.45) is -1.27. The Morgan fingerprint density at radius 1 is 1.63 bits per heavy atom. The predicted molar refractivity (Wildman–Crippen MR) is 71.5 cm³/mol. The highest BCUT2D eigenvalue weighted by Crippen LogP contribution is 2.32. The first-order chi connectivity index (χ1) is 8.45. The fourth-order valence-electron chi connectivity index (χ4n) is 1.84. The van der Waals surface area contributed by atoms with Crippen LogP contribution in [-0.4, -0.2) is 44.0 Å². The molecule has 0 amide bonds. The number of nitrogens with zero attached hydrogens (tertiary/aromatic N) is 2. The van der Waals surface area contributed by atoms with Crippen molar-refractivity contribution in [2.24, 2.45) is 0 Å². The minimum Gasteiger partial charge on any atom is -0.394 e. The Bertz CT molecular complexity index is 510. The summed E-state index contributed by atoms with van der Waals surface area (Å²) in [5.74, 6) is 0.139. The van der Waals surface area contributed by atoms with Gasteiger partial charge in [-0.25, -0.2) is 4.79 Å². The summed E-state index contributed by atoms with van der Waals surface area (Å²) in [6.45, 7) is 1.31. The normalized spacial score (nSPS) is 30.1. The second-order valence-electron chi connectivity index (χ2n) is 4.18. The van der Waals surface area contributed by atoms with Gasteiger partial charge in [0.25, 0.3) is 0 Å². The van der Waals surface area contributed by atoms with Gasteiger partial charge in [0.2, 0.25) is 0 Å². The molecule has 1 aromatic heterocycles. The topological polar surface area (TPSA) is 111 Å². The van der Waals surface area contributed by atoms with Crippen molar-refractivity contribution in [3.05, 3.63) is 22.2 Å². The van der Waals surface area contributed by atoms with Gasteiger partial charge in [-0.1, -0.05) is 0 Å². The molecule has 2 heterocycles. The van der Waals surface area contributed by atoms with Crippen molar-refractivity contribution < 1.29 is 14.9 Å². The summed E-state index contributed by atoms with van der Waals surface area (Å²) in [5.41, 5.74) is 5.51. The number of anilines is 1. The first-order valence-electron chi connectivity index (χ1n) is 5.39. The van der Waals surface area contributed by atoms with E-state index >= 15 is 0 Å². The van der Waals surface area contributed by atoms with E-state index in [-0.39, 0.29) is 24.8 Å². The Morgan fingerprint density at radius 2 is 2.26 bits per heavy atom. The highest BCUT2D eigenvalue weighted by molar-refractivity contribution is 6.21. The van der Waals surface area contributed by atoms with Crippen LogP contribution >= 0.6 is 24.0 Å². The number of aliphatic hydroxyl groups is 2. The van der Waals surface area contributed by atoms with E-state index in [4.69, 9.17) is 27.2 Å². The largest absolute Gasteiger partial charge is 0.394 e. The van der Waals surface area contributed by atoms with Crippen molar-refractivity contribution in [1.29, 1.82) is 0 Å². The van der Waals surface area contributed by atoms with E-state index in [1.54, 1.807) is 6.92 Å². The number of nitrogens with two attached hydrogens (primary N) is 1. The summed E-state index contributed by atoms with van der Waals surface area (Å²) >= 11 is 6.00. The lowest BCUT2D eigenvalue weighted by Crippen LogP contribution is -2.33. The van der Waals surface area contributed by atoms with E-state index < -0.39 is 29.5 Å². The average Bonchev–Trinajstić information content (AvgIpc) is 2.61. The number of alkyl halides is 1. The SMILES string of the molecule is Cc1cn([C@@H]2O[C@H](CO)[C@@H](O)[C@H]2Cl)c(=O)nc1N.Cl. The number of halogens is 2. The van der Waals surface area contributed by atoms with Crippen molar-refractivity contribution in [3.63, 3.8) is 0 Å². The molecule has 9 heteroatoms. The maximum Gasteiger partial charge on any atom is 0.351 e. The van der Waals surface area contributed by atoms with Gasteiger partial charge in [-0.3, -0.25) is 4.57 Å². The third-order valence-corrected chi connectivity index (χ3v) is 3.40. The summed E-state index contributed by atoms with van der Waals surface area (Å²) in [6, 6.07) is 0. The smallest absolute Gasteiger partial charge is 0.351 e. The van der Waals surface area contributed by atoms with Crippen LogP contribution in [0.3, 0.4) is 0 Å². The fraction of sp³-hybridized carbons (Fsp3) is 0.600. The van der Waals surface area contributed by atoms with Crippen LogP contribution in [-0.2, 0) is 4.74 Å². The second-order valence-corrected chi connectivity index (χ2v) is 4.69. The van der Waals surface area contributed by atoms with Crippen LogP contribution in [0.2, 0.25) is 0 Å². The molecular weight excluding hydrogens is 297 g/mol. The molecule has 0 aromatic carbocycles. The van der Waals surface area contributed by atoms with Gasteiger partial charge < -0.3 is 20.7 Å². The van der Waals surface area contributed by atoms with Gasteiger partial charge in [-0.2, -0.15) is 4.98 Å². The van der Waals surface area contributed by atoms with E-state index in [0.717, 1.165) is 0 Å². The molecule has 4 atom stereocenters. The summed E-state index contributed by atoms with van der Waals surface area (Å²) in [4.78, 5) is 15.3. The van der Waals surface area contributed by atoms with Crippen LogP contribution in [0.15, 0.2) is 11.0 Å². The van der Waals surface area contributed by atoms with Gasteiger partial charge in [0, 0.05) is 11.8 Å². The van der Waals surface area contributed by atoms with Gasteiger partial charge in [0.15, 0.2) is 6.23 Å². The fourth-order valence-corrected chi connectivity index (χ4v) is 2.18. The second kappa shape index (κ2) is 6.06. The van der Waals surface area contributed by atoms with Gasteiger partial charge in [0.1, 0.15) is 23.4 Å². The molecule has 1 saturated heterocycles. The van der Waals surface area contributed by atoms with E-state index in [2.05, 4.69) is 4.98 Å². The molecular formula is C10H15Cl2N3O4. The molecule has 0 unspecified atom stereocenters. The van der Waals surface area contributed by atoms with Gasteiger partial charge in [0.05, 0.1) is 6.61 Å². The zero-order chi connectivity index (χ0) is 13.4. The van der Waals surface area contributed by atoms with Crippen LogP contribution in [0, 0.1) is 6.92 Å². The first-order valence-corrected chi connectivity index (χ1v) is 5.83. The quantitative estimate of drug-likeness (QED) is 0.630. The minimum atomic E-state index is -1.05. The van der Waals surface area contributed by atoms with Crippen molar-refractivity contribution in [2.45, 2.75) is 30.7 Å². The Balaban J connectivity index is 0.00000180. The number of rotatable bonds is 2. The van der Waals surface area contributed by atoms with Crippen LogP contribution in [0.4, 0.5) is 5.82 Å². The Kier molecular flexibility index (Phi) is 5.17. The zero-order valence-corrected chi connectivity index (χ0v) is 11.6. The molecule has 0 bridgehead atoms. The molecule has 7 nitrogen and oxygen atoms in total. The highest BCUT2D eigenvalue weighted by atomic mass is 35.5. The number of aliphatic hydroxyl groups excluding tert-OH is 2. The van der Waals surface area contributed by atoms with E-state index in [1.807, 2.05) is 0 Å². The number of hydrogen-bond acceptors (Lipinski definition) is 6. The van der Waals surface area contributed by atoms with E-state index in [1.165, 1.54) is 10.8 Å². The lowest BCUT2D eigenvalue weighted by Gasteiger charge is -2.17. The molecule has 0 radical (unpaired) electrons. The molecule has 1 aliphatic rings. The van der Waals surface area contributed by atoms with Crippen molar-refractivity contribution >= 4 is 29.8 Å². The summed E-state index contributed by atoms with van der Waals surface area (Å²) in [5, 5.41) is 17.9. The first kappa shape index (κ1) is 16.2. The van der Waals surface area contributed by atoms with E-state index in [0.29, 0.717) is 5.56 Å². The minimum absolute atomic E-state index is 0. The average molecular weight is 312 g/mol. The van der Waals surface area contributed by atoms with Gasteiger partial charge in [-0.15, -0.1) is 24.0 Å². The molecule has 108 valence electrons. The highest BCUT2D eigenvalue weighted by Gasteiger charge is 2.43. The van der Waals surface area contributed by atoms with Crippen LogP contribution in [0.5, 0.6) is 0 Å². The van der Waals surface area contributed by atoms with Crippen LogP contribution < -0.4 is 11.4 Å². The summed E-state index contributed by atoms with van der Waals surface area (Å²) in [7, 11) is 0. The standard InChI is InChI=1S/C10H14ClN3O4.ClH/c1-4-2-14(10(17)13-8(4)12)9-6(11)7(16)5(3-15)18-9;/h2,5-7,9,15-16H,3H2,1H3,(H2,12,13,17);1H/t5-,6-,7-,9-;/m1./s1. The lowest BCUT2D eigenvalue weighted by molar-refractivity contribution is -0.0457. The monoisotopic (exact) mass is 311 g/mol. The molecule has 1 fully saturated rings. The zero-order valence-electron chi connectivity index (χ0n) is 10.1. The van der Waals surface area contributed by atoms with Crippen molar-refractivity contribution in [2.75, 3.05) is 12.3 Å².